The number of imidazole rings is 1. The van der Waals surface area contributed by atoms with E-state index in [1.807, 2.05) is 45.0 Å². The molecule has 2 aromatic rings. The predicted octanol–water partition coefficient (Wildman–Crippen LogP) is 2.85. The molecule has 0 radical (unpaired) electrons. The third-order valence-corrected chi connectivity index (χ3v) is 2.56. The highest BCUT2D eigenvalue weighted by Gasteiger charge is 2.13. The van der Waals surface area contributed by atoms with Gasteiger partial charge in [-0.25, -0.2) is 4.98 Å². The number of benzene rings is 1. The number of amides is 1. The van der Waals surface area contributed by atoms with Crippen molar-refractivity contribution < 1.29 is 9.53 Å². The highest BCUT2D eigenvalue weighted by atomic mass is 16.5. The van der Waals surface area contributed by atoms with Gasteiger partial charge in [0.05, 0.1) is 0 Å². The lowest BCUT2D eigenvalue weighted by Crippen LogP contribution is -2.22. The summed E-state index contributed by atoms with van der Waals surface area (Å²) in [5, 5.41) is 2.80. The molecule has 0 fully saturated rings. The monoisotopic (exact) mass is 273 g/mol. The molecule has 5 nitrogen and oxygen atoms in total. The van der Waals surface area contributed by atoms with Crippen molar-refractivity contribution >= 4 is 11.6 Å². The molecule has 20 heavy (non-hydrogen) atoms. The van der Waals surface area contributed by atoms with Gasteiger partial charge in [0.1, 0.15) is 11.4 Å². The molecule has 1 heterocycles. The summed E-state index contributed by atoms with van der Waals surface area (Å²) in [4.78, 5) is 16.0. The number of aryl methyl sites for hydroxylation is 1. The summed E-state index contributed by atoms with van der Waals surface area (Å²) in [5.74, 6) is 0.912. The smallest absolute Gasteiger partial charge is 0.291 e. The average molecular weight is 273 g/mol. The van der Waals surface area contributed by atoms with Gasteiger partial charge in [-0.05, 0) is 45.0 Å². The van der Waals surface area contributed by atoms with Crippen LogP contribution in [0.15, 0.2) is 36.7 Å². The molecule has 0 aliphatic rings. The fourth-order valence-corrected chi connectivity index (χ4v) is 1.73. The largest absolute Gasteiger partial charge is 0.488 e. The lowest BCUT2D eigenvalue weighted by Gasteiger charge is -2.21. The molecule has 0 saturated heterocycles. The normalized spacial score (nSPS) is 11.2. The van der Waals surface area contributed by atoms with Crippen LogP contribution in [0.4, 0.5) is 5.69 Å². The molecule has 106 valence electrons. The second kappa shape index (κ2) is 5.36. The van der Waals surface area contributed by atoms with Crippen molar-refractivity contribution in [2.45, 2.75) is 26.4 Å². The molecule has 1 aromatic carbocycles. The minimum Gasteiger partial charge on any atom is -0.488 e. The van der Waals surface area contributed by atoms with Gasteiger partial charge in [-0.15, -0.1) is 0 Å². The van der Waals surface area contributed by atoms with E-state index in [9.17, 15) is 4.79 Å². The van der Waals surface area contributed by atoms with Gasteiger partial charge in [-0.1, -0.05) is 0 Å². The quantitative estimate of drug-likeness (QED) is 0.935. The van der Waals surface area contributed by atoms with Crippen LogP contribution in [0.25, 0.3) is 0 Å². The van der Waals surface area contributed by atoms with Gasteiger partial charge >= 0.3 is 0 Å². The molecule has 1 amide bonds. The van der Waals surface area contributed by atoms with Crippen molar-refractivity contribution in [3.05, 3.63) is 42.5 Å². The average Bonchev–Trinajstić information content (AvgIpc) is 2.76. The number of rotatable bonds is 3. The van der Waals surface area contributed by atoms with Crippen LogP contribution in [0, 0.1) is 0 Å². The van der Waals surface area contributed by atoms with E-state index in [1.165, 1.54) is 0 Å². The van der Waals surface area contributed by atoms with Gasteiger partial charge in [0.25, 0.3) is 5.91 Å². The summed E-state index contributed by atoms with van der Waals surface area (Å²) >= 11 is 0. The molecule has 0 bridgehead atoms. The van der Waals surface area contributed by atoms with Crippen LogP contribution in [-0.2, 0) is 7.05 Å². The van der Waals surface area contributed by atoms with Gasteiger partial charge < -0.3 is 14.6 Å². The fraction of sp³-hybridized carbons (Fsp3) is 0.333. The van der Waals surface area contributed by atoms with Gasteiger partial charge in [-0.3, -0.25) is 4.79 Å². The third kappa shape index (κ3) is 3.60. The van der Waals surface area contributed by atoms with Gasteiger partial charge in [0.2, 0.25) is 0 Å². The van der Waals surface area contributed by atoms with Crippen LogP contribution in [0.3, 0.4) is 0 Å². The summed E-state index contributed by atoms with van der Waals surface area (Å²) in [6, 6.07) is 7.28. The number of hydrogen-bond acceptors (Lipinski definition) is 3. The first-order valence-electron chi connectivity index (χ1n) is 6.43. The van der Waals surface area contributed by atoms with E-state index in [0.29, 0.717) is 11.5 Å². The van der Waals surface area contributed by atoms with E-state index >= 15 is 0 Å². The standard InChI is InChI=1S/C15H19N3O2/c1-15(2,3)20-12-7-5-11(6-8-12)17-14(19)13-16-9-10-18(13)4/h5-10H,1-4H3,(H,17,19). The number of hydrogen-bond donors (Lipinski definition) is 1. The molecule has 0 aliphatic heterocycles. The van der Waals surface area contributed by atoms with Crippen LogP contribution in [-0.4, -0.2) is 21.1 Å². The molecule has 0 atom stereocenters. The van der Waals surface area contributed by atoms with E-state index in [-0.39, 0.29) is 11.5 Å². The van der Waals surface area contributed by atoms with E-state index in [2.05, 4.69) is 10.3 Å². The maximum atomic E-state index is 12.0. The van der Waals surface area contributed by atoms with Crippen LogP contribution in [0.5, 0.6) is 5.75 Å². The van der Waals surface area contributed by atoms with Crippen molar-refractivity contribution in [3.8, 4) is 5.75 Å². The number of nitrogens with zero attached hydrogens (tertiary/aromatic N) is 2. The van der Waals surface area contributed by atoms with Crippen LogP contribution in [0.1, 0.15) is 31.4 Å². The van der Waals surface area contributed by atoms with E-state index in [0.717, 1.165) is 5.75 Å². The van der Waals surface area contributed by atoms with Crippen molar-refractivity contribution in [3.63, 3.8) is 0 Å². The number of carbonyl (C=O) groups is 1. The Bertz CT molecular complexity index is 594. The maximum absolute atomic E-state index is 12.0. The van der Waals surface area contributed by atoms with Crippen molar-refractivity contribution in [2.24, 2.45) is 7.05 Å². The Hall–Kier alpha value is -2.30. The predicted molar refractivity (Wildman–Crippen MR) is 78.0 cm³/mol. The Morgan fingerprint density at radius 2 is 1.90 bits per heavy atom. The van der Waals surface area contributed by atoms with Crippen molar-refractivity contribution in [1.82, 2.24) is 9.55 Å². The van der Waals surface area contributed by atoms with E-state index in [1.54, 1.807) is 24.0 Å². The Labute approximate surface area is 118 Å². The highest BCUT2D eigenvalue weighted by molar-refractivity contribution is 6.01. The molecule has 0 unspecified atom stereocenters. The Kier molecular flexibility index (Phi) is 3.79. The minimum absolute atomic E-state index is 0.234. The zero-order valence-electron chi connectivity index (χ0n) is 12.2. The zero-order chi connectivity index (χ0) is 14.8. The maximum Gasteiger partial charge on any atom is 0.291 e. The van der Waals surface area contributed by atoms with E-state index < -0.39 is 0 Å². The SMILES string of the molecule is Cn1ccnc1C(=O)Nc1ccc(OC(C)(C)C)cc1. The van der Waals surface area contributed by atoms with Gasteiger partial charge in [-0.2, -0.15) is 0 Å². The molecular formula is C15H19N3O2. The molecule has 1 N–H and O–H groups in total. The first-order chi connectivity index (χ1) is 9.35. The van der Waals surface area contributed by atoms with Gasteiger partial charge in [0, 0.05) is 25.1 Å². The van der Waals surface area contributed by atoms with Crippen LogP contribution in [0.2, 0.25) is 0 Å². The molecule has 1 aromatic heterocycles. The number of nitrogens with one attached hydrogen (secondary N) is 1. The summed E-state index contributed by atoms with van der Waals surface area (Å²) in [7, 11) is 1.78. The third-order valence-electron chi connectivity index (χ3n) is 2.56. The molecule has 0 aliphatic carbocycles. The lowest BCUT2D eigenvalue weighted by molar-refractivity contribution is 0.101. The Morgan fingerprint density at radius 3 is 2.40 bits per heavy atom. The number of anilines is 1. The minimum atomic E-state index is -0.238. The summed E-state index contributed by atoms with van der Waals surface area (Å²) in [6.07, 6.45) is 3.32. The van der Waals surface area contributed by atoms with Crippen molar-refractivity contribution in [2.75, 3.05) is 5.32 Å². The summed E-state index contributed by atoms with van der Waals surface area (Å²) in [5.41, 5.74) is 0.469. The van der Waals surface area contributed by atoms with Gasteiger partial charge in [0.15, 0.2) is 5.82 Å². The molecule has 2 rings (SSSR count). The zero-order valence-corrected chi connectivity index (χ0v) is 12.2. The molecule has 0 spiro atoms. The molecular weight excluding hydrogens is 254 g/mol. The second-order valence-corrected chi connectivity index (χ2v) is 5.55. The number of carbonyl (C=O) groups excluding carboxylic acids is 1. The first-order valence-corrected chi connectivity index (χ1v) is 6.43. The Morgan fingerprint density at radius 1 is 1.25 bits per heavy atom. The van der Waals surface area contributed by atoms with Crippen molar-refractivity contribution in [1.29, 1.82) is 0 Å². The number of aromatic nitrogens is 2. The summed E-state index contributed by atoms with van der Waals surface area (Å²) < 4.78 is 7.40. The Balaban J connectivity index is 2.04. The molecule has 0 saturated carbocycles. The topological polar surface area (TPSA) is 56.2 Å². The highest BCUT2D eigenvalue weighted by Crippen LogP contribution is 2.20. The first kappa shape index (κ1) is 14.1. The van der Waals surface area contributed by atoms with Crippen LogP contribution < -0.4 is 10.1 Å². The lowest BCUT2D eigenvalue weighted by atomic mass is 10.2. The van der Waals surface area contributed by atoms with E-state index in [4.69, 9.17) is 4.74 Å². The van der Waals surface area contributed by atoms with Crippen LogP contribution >= 0.6 is 0 Å². The summed E-state index contributed by atoms with van der Waals surface area (Å²) in [6.45, 7) is 5.97. The number of ether oxygens (including phenoxy) is 1. The fourth-order valence-electron chi connectivity index (χ4n) is 1.73. The second-order valence-electron chi connectivity index (χ2n) is 5.55. The molecule has 5 heteroatoms.